The quantitative estimate of drug-likeness (QED) is 0.777. The van der Waals surface area contributed by atoms with E-state index in [1.165, 1.54) is 12.6 Å². The SMILES string of the molecule is CC(C)OC1C=C2C(=CC1)N=C2c1cc(N2CC(S(C)(=O)=O)C2)ncn1. The summed E-state index contributed by atoms with van der Waals surface area (Å²) in [6.07, 6.45) is 8.07. The molecule has 7 nitrogen and oxygen atoms in total. The van der Waals surface area contributed by atoms with Gasteiger partial charge in [-0.1, -0.05) is 6.08 Å². The first kappa shape index (κ1) is 17.4. The zero-order chi connectivity index (χ0) is 18.5. The molecule has 4 rings (SSSR count). The maximum atomic E-state index is 11.6. The molecule has 8 heteroatoms. The summed E-state index contributed by atoms with van der Waals surface area (Å²) < 4.78 is 29.0. The normalized spacial score (nSPS) is 22.8. The number of ether oxygens (including phenoxy) is 1. The number of anilines is 1. The van der Waals surface area contributed by atoms with Gasteiger partial charge in [0, 0.05) is 31.0 Å². The molecule has 1 aromatic rings. The Hall–Kier alpha value is -2.06. The first-order valence-corrected chi connectivity index (χ1v) is 10.7. The highest BCUT2D eigenvalue weighted by atomic mass is 32.2. The van der Waals surface area contributed by atoms with Crippen molar-refractivity contribution in [3.63, 3.8) is 0 Å². The number of fused-ring (bicyclic) bond motifs is 1. The zero-order valence-electron chi connectivity index (χ0n) is 15.1. The molecule has 0 saturated carbocycles. The molecule has 3 heterocycles. The molecule has 1 aliphatic carbocycles. The number of sulfone groups is 1. The van der Waals surface area contributed by atoms with Gasteiger partial charge in [0.1, 0.15) is 12.1 Å². The third-order valence-electron chi connectivity index (χ3n) is 4.78. The van der Waals surface area contributed by atoms with E-state index in [1.54, 1.807) is 0 Å². The van der Waals surface area contributed by atoms with E-state index in [9.17, 15) is 8.42 Å². The van der Waals surface area contributed by atoms with Gasteiger partial charge in [0.25, 0.3) is 0 Å². The lowest BCUT2D eigenvalue weighted by Crippen LogP contribution is -2.54. The Balaban J connectivity index is 1.52. The van der Waals surface area contributed by atoms with Gasteiger partial charge in [-0.15, -0.1) is 0 Å². The van der Waals surface area contributed by atoms with E-state index in [-0.39, 0.29) is 17.5 Å². The van der Waals surface area contributed by atoms with Crippen LogP contribution in [0.3, 0.4) is 0 Å². The van der Waals surface area contributed by atoms with Crippen LogP contribution in [0.5, 0.6) is 0 Å². The number of aromatic nitrogens is 2. The maximum absolute atomic E-state index is 11.6. The molecule has 0 bridgehead atoms. The van der Waals surface area contributed by atoms with Gasteiger partial charge >= 0.3 is 0 Å². The van der Waals surface area contributed by atoms with Crippen molar-refractivity contribution in [1.29, 1.82) is 0 Å². The fraction of sp³-hybridized carbons (Fsp3) is 0.500. The highest BCUT2D eigenvalue weighted by Gasteiger charge is 2.36. The van der Waals surface area contributed by atoms with Gasteiger partial charge in [-0.3, -0.25) is 0 Å². The number of aliphatic imine (C=N–C) groups is 1. The first-order chi connectivity index (χ1) is 12.3. The lowest BCUT2D eigenvalue weighted by Gasteiger charge is -2.39. The highest BCUT2D eigenvalue weighted by molar-refractivity contribution is 7.91. The molecule has 3 aliphatic rings. The van der Waals surface area contributed by atoms with Gasteiger partial charge in [-0.05, 0) is 26.3 Å². The molecule has 0 aromatic carbocycles. The summed E-state index contributed by atoms with van der Waals surface area (Å²) in [6.45, 7) is 5.00. The topological polar surface area (TPSA) is 84.8 Å². The molecular weight excluding hydrogens is 352 g/mol. The van der Waals surface area contributed by atoms with E-state index in [0.29, 0.717) is 13.1 Å². The summed E-state index contributed by atoms with van der Waals surface area (Å²) >= 11 is 0. The minimum atomic E-state index is -3.00. The van der Waals surface area contributed by atoms with Gasteiger partial charge < -0.3 is 9.64 Å². The van der Waals surface area contributed by atoms with Gasteiger partial charge in [0.15, 0.2) is 9.84 Å². The van der Waals surface area contributed by atoms with Crippen LogP contribution in [-0.4, -0.2) is 60.9 Å². The van der Waals surface area contributed by atoms with Crippen LogP contribution in [0.1, 0.15) is 26.0 Å². The largest absolute Gasteiger partial charge is 0.371 e. The van der Waals surface area contributed by atoms with Gasteiger partial charge in [0.2, 0.25) is 0 Å². The Morgan fingerprint density at radius 1 is 1.27 bits per heavy atom. The summed E-state index contributed by atoms with van der Waals surface area (Å²) in [5.41, 5.74) is 3.66. The second kappa shape index (κ2) is 6.28. The molecule has 26 heavy (non-hydrogen) atoms. The minimum Gasteiger partial charge on any atom is -0.371 e. The number of hydrogen-bond donors (Lipinski definition) is 0. The lowest BCUT2D eigenvalue weighted by molar-refractivity contribution is 0.0363. The molecule has 2 aliphatic heterocycles. The summed E-state index contributed by atoms with van der Waals surface area (Å²) in [6, 6.07) is 1.88. The standard InChI is InChI=1S/C18H22N4O3S/c1-11(2)25-12-4-5-15-14(6-12)18(21-15)16-7-17(20-10-19-16)22-8-13(9-22)26(3,23)24/h5-7,10-13H,4,8-9H2,1-3H3. The maximum Gasteiger partial charge on any atom is 0.153 e. The minimum absolute atomic E-state index is 0.0615. The summed E-state index contributed by atoms with van der Waals surface area (Å²) in [5.74, 6) is 0.737. The summed E-state index contributed by atoms with van der Waals surface area (Å²) in [5, 5.41) is -0.313. The highest BCUT2D eigenvalue weighted by Crippen LogP contribution is 2.34. The van der Waals surface area contributed by atoms with Crippen molar-refractivity contribution in [3.05, 3.63) is 41.5 Å². The average molecular weight is 374 g/mol. The first-order valence-electron chi connectivity index (χ1n) is 8.74. The van der Waals surface area contributed by atoms with Gasteiger partial charge in [0.05, 0.1) is 34.6 Å². The van der Waals surface area contributed by atoms with Crippen molar-refractivity contribution in [2.75, 3.05) is 24.2 Å². The van der Waals surface area contributed by atoms with Crippen LogP contribution in [0, 0.1) is 0 Å². The fourth-order valence-electron chi connectivity index (χ4n) is 3.30. The van der Waals surface area contributed by atoms with Crippen LogP contribution in [0.25, 0.3) is 0 Å². The van der Waals surface area contributed by atoms with E-state index in [2.05, 4.69) is 27.1 Å². The van der Waals surface area contributed by atoms with Crippen molar-refractivity contribution in [3.8, 4) is 0 Å². The fourth-order valence-corrected chi connectivity index (χ4v) is 4.20. The van der Waals surface area contributed by atoms with Crippen LogP contribution >= 0.6 is 0 Å². The molecule has 0 N–H and O–H groups in total. The molecule has 0 amide bonds. The third-order valence-corrected chi connectivity index (χ3v) is 6.29. The van der Waals surface area contributed by atoms with Crippen molar-refractivity contribution >= 4 is 21.4 Å². The molecule has 1 saturated heterocycles. The third kappa shape index (κ3) is 3.19. The predicted molar refractivity (Wildman–Crippen MR) is 100 cm³/mol. The smallest absolute Gasteiger partial charge is 0.153 e. The Kier molecular flexibility index (Phi) is 4.19. The predicted octanol–water partition coefficient (Wildman–Crippen LogP) is 1.52. The van der Waals surface area contributed by atoms with Crippen molar-refractivity contribution in [1.82, 2.24) is 9.97 Å². The molecule has 138 valence electrons. The Labute approximate surface area is 153 Å². The Morgan fingerprint density at radius 3 is 2.73 bits per heavy atom. The van der Waals surface area contributed by atoms with Crippen molar-refractivity contribution in [2.45, 2.75) is 37.7 Å². The van der Waals surface area contributed by atoms with Crippen LogP contribution in [-0.2, 0) is 14.6 Å². The van der Waals surface area contributed by atoms with E-state index in [0.717, 1.165) is 34.9 Å². The van der Waals surface area contributed by atoms with Crippen LogP contribution in [0.2, 0.25) is 0 Å². The molecule has 1 atom stereocenters. The molecule has 1 aromatic heterocycles. The van der Waals surface area contributed by atoms with Crippen LogP contribution in [0.4, 0.5) is 5.82 Å². The molecular formula is C18H22N4O3S. The second-order valence-corrected chi connectivity index (χ2v) is 9.53. The van der Waals surface area contributed by atoms with Crippen molar-refractivity contribution < 1.29 is 13.2 Å². The summed E-state index contributed by atoms with van der Waals surface area (Å²) in [7, 11) is -3.00. The number of allylic oxidation sites excluding steroid dienone is 1. The molecule has 0 radical (unpaired) electrons. The Morgan fingerprint density at radius 2 is 2.04 bits per heavy atom. The van der Waals surface area contributed by atoms with Gasteiger partial charge in [-0.25, -0.2) is 23.4 Å². The number of nitrogens with zero attached hydrogens (tertiary/aromatic N) is 4. The van der Waals surface area contributed by atoms with E-state index in [1.807, 2.05) is 24.8 Å². The number of hydrogen-bond acceptors (Lipinski definition) is 7. The van der Waals surface area contributed by atoms with Gasteiger partial charge in [-0.2, -0.15) is 0 Å². The van der Waals surface area contributed by atoms with E-state index in [4.69, 9.17) is 4.74 Å². The number of rotatable bonds is 5. The van der Waals surface area contributed by atoms with Crippen molar-refractivity contribution in [2.24, 2.45) is 4.99 Å². The van der Waals surface area contributed by atoms with E-state index < -0.39 is 9.84 Å². The molecule has 1 unspecified atom stereocenters. The Bertz CT molecular complexity index is 928. The second-order valence-electron chi connectivity index (χ2n) is 7.21. The van der Waals surface area contributed by atoms with Crippen LogP contribution < -0.4 is 4.90 Å². The monoisotopic (exact) mass is 374 g/mol. The zero-order valence-corrected chi connectivity index (χ0v) is 15.9. The van der Waals surface area contributed by atoms with E-state index >= 15 is 0 Å². The lowest BCUT2D eigenvalue weighted by atomic mass is 9.90. The summed E-state index contributed by atoms with van der Waals surface area (Å²) in [4.78, 5) is 15.2. The average Bonchev–Trinajstić information content (AvgIpc) is 2.47. The molecule has 0 spiro atoms. The van der Waals surface area contributed by atoms with Crippen LogP contribution in [0.15, 0.2) is 40.8 Å². The molecule has 1 fully saturated rings.